The molecule has 0 fully saturated rings. The lowest BCUT2D eigenvalue weighted by molar-refractivity contribution is -0.160. The van der Waals surface area contributed by atoms with E-state index in [1.807, 2.05) is 75.7 Å². The molecule has 10 heteroatoms. The highest BCUT2D eigenvalue weighted by Crippen LogP contribution is 2.44. The Morgan fingerprint density at radius 3 is 2.48 bits per heavy atom. The maximum Gasteiger partial charge on any atom is 0.337 e. The Bertz CT molecular complexity index is 1980. The lowest BCUT2D eigenvalue weighted by Crippen LogP contribution is -2.28. The molecule has 0 aliphatic heterocycles. The van der Waals surface area contributed by atoms with Gasteiger partial charge in [0, 0.05) is 46.7 Å². The Labute approximate surface area is 251 Å². The highest BCUT2D eigenvalue weighted by Gasteiger charge is 2.32. The summed E-state index contributed by atoms with van der Waals surface area (Å²) in [6.45, 7) is 7.46. The van der Waals surface area contributed by atoms with Crippen molar-refractivity contribution in [1.29, 1.82) is 0 Å². The lowest BCUT2D eigenvalue weighted by atomic mass is 9.91. The molecule has 0 amide bonds. The zero-order valence-electron chi connectivity index (χ0n) is 23.7. The zero-order chi connectivity index (χ0) is 29.8. The van der Waals surface area contributed by atoms with E-state index in [0.717, 1.165) is 59.9 Å². The van der Waals surface area contributed by atoms with Gasteiger partial charge in [0.1, 0.15) is 10.5 Å². The van der Waals surface area contributed by atoms with E-state index in [1.54, 1.807) is 30.9 Å². The minimum absolute atomic E-state index is 0.595. The number of nitrogens with zero attached hydrogens (tertiary/aromatic N) is 5. The number of aryl methyl sites for hydroxylation is 2. The van der Waals surface area contributed by atoms with Crippen molar-refractivity contribution >= 4 is 50.3 Å². The van der Waals surface area contributed by atoms with Gasteiger partial charge in [0.25, 0.3) is 0 Å². The van der Waals surface area contributed by atoms with Crippen LogP contribution in [0.2, 0.25) is 5.02 Å². The summed E-state index contributed by atoms with van der Waals surface area (Å²) < 4.78 is 8.87. The summed E-state index contributed by atoms with van der Waals surface area (Å²) in [5, 5.41) is 11.7. The standard InChI is InChI=1S/C32H28ClN5O3S/c1-17-12-23-28(26(18-6-8-21(33)9-7-18)25(17)27(31(39)40)41-32(2,3)4)42-30(37-23)19-10-11-34-22(13-19)20-14-24-29(35-15-20)38(5)16-36-24/h6-16,27H,1-5H3,(H,39,40)/t27-/m0/s1. The first-order valence-electron chi connectivity index (χ1n) is 13.3. The van der Waals surface area contributed by atoms with Gasteiger partial charge in [-0.1, -0.05) is 23.7 Å². The van der Waals surface area contributed by atoms with Crippen molar-refractivity contribution in [2.75, 3.05) is 0 Å². The largest absolute Gasteiger partial charge is 0.479 e. The first-order chi connectivity index (χ1) is 20.0. The third-order valence-electron chi connectivity index (χ3n) is 6.87. The second-order valence-corrected chi connectivity index (χ2v) is 12.6. The molecule has 6 aromatic rings. The number of benzene rings is 2. The number of imidazole rings is 1. The van der Waals surface area contributed by atoms with Crippen LogP contribution in [-0.2, 0) is 16.6 Å². The smallest absolute Gasteiger partial charge is 0.337 e. The van der Waals surface area contributed by atoms with Crippen LogP contribution in [0.4, 0.5) is 0 Å². The van der Waals surface area contributed by atoms with Crippen molar-refractivity contribution in [3.05, 3.63) is 83.4 Å². The molecule has 8 nitrogen and oxygen atoms in total. The number of carbonyl (C=O) groups is 1. The van der Waals surface area contributed by atoms with Crippen molar-refractivity contribution in [3.63, 3.8) is 0 Å². The molecule has 0 bridgehead atoms. The van der Waals surface area contributed by atoms with Gasteiger partial charge in [-0.3, -0.25) is 4.98 Å². The number of thiazole rings is 1. The topological polar surface area (TPSA) is 103 Å². The van der Waals surface area contributed by atoms with Gasteiger partial charge < -0.3 is 14.4 Å². The molecular weight excluding hydrogens is 570 g/mol. The number of fused-ring (bicyclic) bond motifs is 2. The van der Waals surface area contributed by atoms with Crippen molar-refractivity contribution in [2.24, 2.45) is 7.05 Å². The number of pyridine rings is 2. The van der Waals surface area contributed by atoms with Gasteiger partial charge >= 0.3 is 5.97 Å². The summed E-state index contributed by atoms with van der Waals surface area (Å²) in [5.74, 6) is -1.05. The second kappa shape index (κ2) is 10.6. The number of rotatable bonds is 6. The molecule has 1 atom stereocenters. The average molecular weight is 598 g/mol. The molecule has 212 valence electrons. The molecular formula is C32H28ClN5O3S. The maximum atomic E-state index is 12.6. The van der Waals surface area contributed by atoms with E-state index in [9.17, 15) is 9.90 Å². The molecule has 4 aromatic heterocycles. The zero-order valence-corrected chi connectivity index (χ0v) is 25.3. The normalized spacial score (nSPS) is 12.7. The number of hydrogen-bond acceptors (Lipinski definition) is 7. The Morgan fingerprint density at radius 2 is 1.76 bits per heavy atom. The molecule has 1 N–H and O–H groups in total. The van der Waals surface area contributed by atoms with E-state index in [0.29, 0.717) is 10.6 Å². The van der Waals surface area contributed by atoms with Gasteiger partial charge in [0.15, 0.2) is 11.8 Å². The molecule has 6 rings (SSSR count). The third kappa shape index (κ3) is 5.27. The predicted octanol–water partition coefficient (Wildman–Crippen LogP) is 7.88. The lowest BCUT2D eigenvalue weighted by Gasteiger charge is -2.28. The van der Waals surface area contributed by atoms with Crippen LogP contribution in [0, 0.1) is 6.92 Å². The molecule has 0 spiro atoms. The molecule has 0 aliphatic rings. The Kier molecular flexibility index (Phi) is 7.04. The minimum atomic E-state index is -1.17. The van der Waals surface area contributed by atoms with E-state index in [-0.39, 0.29) is 0 Å². The molecule has 2 aromatic carbocycles. The van der Waals surface area contributed by atoms with Crippen molar-refractivity contribution in [3.8, 4) is 33.0 Å². The van der Waals surface area contributed by atoms with Gasteiger partial charge in [-0.2, -0.15) is 0 Å². The van der Waals surface area contributed by atoms with Crippen LogP contribution in [0.15, 0.2) is 67.3 Å². The van der Waals surface area contributed by atoms with Gasteiger partial charge in [0.05, 0.1) is 27.8 Å². The number of carboxylic acids is 1. The van der Waals surface area contributed by atoms with E-state index >= 15 is 0 Å². The molecule has 0 saturated heterocycles. The van der Waals surface area contributed by atoms with Gasteiger partial charge in [-0.25, -0.2) is 19.7 Å². The van der Waals surface area contributed by atoms with E-state index < -0.39 is 17.7 Å². The molecule has 4 heterocycles. The summed E-state index contributed by atoms with van der Waals surface area (Å²) >= 11 is 7.73. The van der Waals surface area contributed by atoms with Crippen LogP contribution in [0.5, 0.6) is 0 Å². The van der Waals surface area contributed by atoms with Crippen LogP contribution in [0.1, 0.15) is 38.0 Å². The van der Waals surface area contributed by atoms with E-state index in [1.165, 1.54) is 11.3 Å². The number of halogens is 1. The van der Waals surface area contributed by atoms with E-state index in [2.05, 4.69) is 15.0 Å². The highest BCUT2D eigenvalue weighted by atomic mass is 35.5. The highest BCUT2D eigenvalue weighted by molar-refractivity contribution is 7.22. The molecule has 0 radical (unpaired) electrons. The van der Waals surface area contributed by atoms with E-state index in [4.69, 9.17) is 21.3 Å². The second-order valence-electron chi connectivity index (χ2n) is 11.2. The van der Waals surface area contributed by atoms with Crippen molar-refractivity contribution in [1.82, 2.24) is 24.5 Å². The van der Waals surface area contributed by atoms with Crippen LogP contribution in [0.25, 0.3) is 54.3 Å². The fourth-order valence-electron chi connectivity index (χ4n) is 5.04. The van der Waals surface area contributed by atoms with Crippen molar-refractivity contribution in [2.45, 2.75) is 39.4 Å². The van der Waals surface area contributed by atoms with Gasteiger partial charge in [-0.15, -0.1) is 11.3 Å². The summed E-state index contributed by atoms with van der Waals surface area (Å²) in [6, 6.07) is 15.2. The third-order valence-corrected chi connectivity index (χ3v) is 8.26. The first-order valence-corrected chi connectivity index (χ1v) is 14.5. The van der Waals surface area contributed by atoms with Gasteiger partial charge in [-0.05, 0) is 75.2 Å². The van der Waals surface area contributed by atoms with Crippen LogP contribution in [-0.4, -0.2) is 41.2 Å². The Morgan fingerprint density at radius 1 is 1.00 bits per heavy atom. The maximum absolute atomic E-state index is 12.6. The number of carboxylic acid groups (broad SMARTS) is 1. The number of ether oxygens (including phenoxy) is 1. The fourth-order valence-corrected chi connectivity index (χ4v) is 6.29. The summed E-state index contributed by atoms with van der Waals surface area (Å²) in [4.78, 5) is 31.2. The quantitative estimate of drug-likeness (QED) is 0.208. The van der Waals surface area contributed by atoms with Crippen LogP contribution >= 0.6 is 22.9 Å². The van der Waals surface area contributed by atoms with Gasteiger partial charge in [0.2, 0.25) is 0 Å². The fraction of sp³-hybridized carbons (Fsp3) is 0.219. The van der Waals surface area contributed by atoms with Crippen molar-refractivity contribution < 1.29 is 14.6 Å². The predicted molar refractivity (Wildman–Crippen MR) is 167 cm³/mol. The SMILES string of the molecule is Cc1cc2nc(-c3ccnc(-c4cnc5c(c4)ncn5C)c3)sc2c(-c2ccc(Cl)cc2)c1[C@H](OC(C)(C)C)C(=O)O. The molecule has 0 saturated carbocycles. The number of aromatic nitrogens is 5. The average Bonchev–Trinajstić information content (AvgIpc) is 3.54. The first kappa shape index (κ1) is 28.0. The number of aliphatic carboxylic acids is 1. The van der Waals surface area contributed by atoms with Crippen LogP contribution in [0.3, 0.4) is 0 Å². The monoisotopic (exact) mass is 597 g/mol. The Hall–Kier alpha value is -4.18. The van der Waals surface area contributed by atoms with Crippen LogP contribution < -0.4 is 0 Å². The summed E-state index contributed by atoms with van der Waals surface area (Å²) in [6.07, 6.45) is 4.12. The molecule has 0 aliphatic carbocycles. The Balaban J connectivity index is 1.53. The summed E-state index contributed by atoms with van der Waals surface area (Å²) in [5.41, 5.74) is 7.20. The molecule has 0 unspecified atom stereocenters. The molecule has 42 heavy (non-hydrogen) atoms. The minimum Gasteiger partial charge on any atom is -0.479 e. The summed E-state index contributed by atoms with van der Waals surface area (Å²) in [7, 11) is 1.91. The number of hydrogen-bond donors (Lipinski definition) is 1.